The number of carbonyl (C=O) groups excluding carboxylic acids is 1. The van der Waals surface area contributed by atoms with Crippen molar-refractivity contribution >= 4 is 5.78 Å². The van der Waals surface area contributed by atoms with Crippen LogP contribution in [0.3, 0.4) is 0 Å². The highest BCUT2D eigenvalue weighted by Crippen LogP contribution is 2.14. The van der Waals surface area contributed by atoms with Gasteiger partial charge in [0.2, 0.25) is 0 Å². The molecule has 17 heavy (non-hydrogen) atoms. The number of Topliss-reactive ketones (excluding diaryl/α,β-unsaturated/α-hetero) is 1. The number of hydrogen-bond donors (Lipinski definition) is 0. The molecule has 0 aromatic heterocycles. The standard InChI is InChI=1S/C16H28O/c1-15-11-9-7-5-3-2-4-6-8-10-12-16(17)14-13-15/h9,11,15H,2-8,10,12-14H2,1H3/b11-9+. The Balaban J connectivity index is 2.31. The van der Waals surface area contributed by atoms with Crippen molar-refractivity contribution in [3.63, 3.8) is 0 Å². The maximum atomic E-state index is 11.6. The predicted molar refractivity (Wildman–Crippen MR) is 74.1 cm³/mol. The van der Waals surface area contributed by atoms with Gasteiger partial charge in [-0.25, -0.2) is 0 Å². The number of hydrogen-bond acceptors (Lipinski definition) is 1. The van der Waals surface area contributed by atoms with E-state index in [0.29, 0.717) is 11.7 Å². The molecule has 0 saturated carbocycles. The van der Waals surface area contributed by atoms with E-state index in [1.165, 1.54) is 44.9 Å². The van der Waals surface area contributed by atoms with E-state index >= 15 is 0 Å². The summed E-state index contributed by atoms with van der Waals surface area (Å²) in [7, 11) is 0. The largest absolute Gasteiger partial charge is 0.300 e. The van der Waals surface area contributed by atoms with Crippen molar-refractivity contribution in [1.82, 2.24) is 0 Å². The number of carbonyl (C=O) groups is 1. The molecule has 1 aliphatic rings. The minimum atomic E-state index is 0.472. The van der Waals surface area contributed by atoms with Gasteiger partial charge >= 0.3 is 0 Å². The van der Waals surface area contributed by atoms with Crippen LogP contribution in [0.4, 0.5) is 0 Å². The molecular weight excluding hydrogens is 208 g/mol. The molecule has 1 rings (SSSR count). The molecular formula is C16H28O. The van der Waals surface area contributed by atoms with Crippen molar-refractivity contribution in [2.24, 2.45) is 5.92 Å². The van der Waals surface area contributed by atoms with Gasteiger partial charge in [-0.05, 0) is 31.6 Å². The summed E-state index contributed by atoms with van der Waals surface area (Å²) >= 11 is 0. The first-order valence-electron chi connectivity index (χ1n) is 7.47. The Hall–Kier alpha value is -0.590. The van der Waals surface area contributed by atoms with E-state index in [1.54, 1.807) is 0 Å². The predicted octanol–water partition coefficient (Wildman–Crippen LogP) is 5.05. The van der Waals surface area contributed by atoms with Gasteiger partial charge in [0.1, 0.15) is 5.78 Å². The summed E-state index contributed by atoms with van der Waals surface area (Å²) in [6.07, 6.45) is 17.6. The molecule has 0 saturated heterocycles. The fraction of sp³-hybridized carbons (Fsp3) is 0.812. The SMILES string of the molecule is CC1/C=C/CCCCCCCCCC(=O)CC1. The van der Waals surface area contributed by atoms with E-state index < -0.39 is 0 Å². The zero-order chi connectivity index (χ0) is 12.3. The van der Waals surface area contributed by atoms with Crippen LogP contribution in [0.2, 0.25) is 0 Å². The highest BCUT2D eigenvalue weighted by molar-refractivity contribution is 5.78. The Morgan fingerprint density at radius 3 is 2.35 bits per heavy atom. The second kappa shape index (κ2) is 9.44. The van der Waals surface area contributed by atoms with Gasteiger partial charge in [0.25, 0.3) is 0 Å². The van der Waals surface area contributed by atoms with E-state index in [9.17, 15) is 4.79 Å². The van der Waals surface area contributed by atoms with Crippen molar-refractivity contribution < 1.29 is 4.79 Å². The number of allylic oxidation sites excluding steroid dienone is 2. The van der Waals surface area contributed by atoms with Crippen LogP contribution in [-0.4, -0.2) is 5.78 Å². The third-order valence-corrected chi connectivity index (χ3v) is 3.67. The molecule has 0 spiro atoms. The third kappa shape index (κ3) is 8.18. The maximum absolute atomic E-state index is 11.6. The summed E-state index contributed by atoms with van der Waals surface area (Å²) in [5, 5.41) is 0. The fourth-order valence-corrected chi connectivity index (χ4v) is 2.41. The minimum Gasteiger partial charge on any atom is -0.300 e. The second-order valence-corrected chi connectivity index (χ2v) is 5.50. The average molecular weight is 236 g/mol. The molecule has 1 nitrogen and oxygen atoms in total. The molecule has 0 aliphatic heterocycles. The van der Waals surface area contributed by atoms with Crippen LogP contribution in [0.15, 0.2) is 12.2 Å². The van der Waals surface area contributed by atoms with Crippen molar-refractivity contribution in [2.75, 3.05) is 0 Å². The van der Waals surface area contributed by atoms with Gasteiger partial charge < -0.3 is 0 Å². The molecule has 1 aliphatic carbocycles. The summed E-state index contributed by atoms with van der Waals surface area (Å²) in [6.45, 7) is 2.22. The van der Waals surface area contributed by atoms with Crippen LogP contribution in [0.1, 0.15) is 77.6 Å². The topological polar surface area (TPSA) is 17.1 Å². The fourth-order valence-electron chi connectivity index (χ4n) is 2.41. The molecule has 0 radical (unpaired) electrons. The summed E-state index contributed by atoms with van der Waals surface area (Å²) in [4.78, 5) is 11.6. The van der Waals surface area contributed by atoms with Gasteiger partial charge in [0.15, 0.2) is 0 Å². The molecule has 0 heterocycles. The van der Waals surface area contributed by atoms with Gasteiger partial charge in [0.05, 0.1) is 0 Å². The van der Waals surface area contributed by atoms with Crippen LogP contribution >= 0.6 is 0 Å². The minimum absolute atomic E-state index is 0.472. The zero-order valence-corrected chi connectivity index (χ0v) is 11.4. The Morgan fingerprint density at radius 2 is 1.59 bits per heavy atom. The Kier molecular flexibility index (Phi) is 8.04. The van der Waals surface area contributed by atoms with Crippen molar-refractivity contribution in [1.29, 1.82) is 0 Å². The summed E-state index contributed by atoms with van der Waals surface area (Å²) < 4.78 is 0. The highest BCUT2D eigenvalue weighted by Gasteiger charge is 2.05. The lowest BCUT2D eigenvalue weighted by molar-refractivity contribution is -0.119. The lowest BCUT2D eigenvalue weighted by Crippen LogP contribution is -2.01. The summed E-state index contributed by atoms with van der Waals surface area (Å²) in [5.41, 5.74) is 0. The van der Waals surface area contributed by atoms with Crippen LogP contribution in [0, 0.1) is 5.92 Å². The highest BCUT2D eigenvalue weighted by atomic mass is 16.1. The molecule has 0 fully saturated rings. The number of ketones is 1. The maximum Gasteiger partial charge on any atom is 0.132 e. The van der Waals surface area contributed by atoms with E-state index in [1.807, 2.05) is 0 Å². The molecule has 0 amide bonds. The van der Waals surface area contributed by atoms with Crippen molar-refractivity contribution in [3.05, 3.63) is 12.2 Å². The second-order valence-electron chi connectivity index (χ2n) is 5.50. The van der Waals surface area contributed by atoms with Gasteiger partial charge in [-0.1, -0.05) is 51.2 Å². The molecule has 1 heteroatoms. The lowest BCUT2D eigenvalue weighted by Gasteiger charge is -2.05. The summed E-state index contributed by atoms with van der Waals surface area (Å²) in [6, 6.07) is 0. The van der Waals surface area contributed by atoms with Crippen LogP contribution < -0.4 is 0 Å². The van der Waals surface area contributed by atoms with Crippen molar-refractivity contribution in [3.8, 4) is 0 Å². The van der Waals surface area contributed by atoms with E-state index in [0.717, 1.165) is 25.7 Å². The van der Waals surface area contributed by atoms with Gasteiger partial charge in [-0.15, -0.1) is 0 Å². The Bertz CT molecular complexity index is 230. The molecule has 1 unspecified atom stereocenters. The monoisotopic (exact) mass is 236 g/mol. The third-order valence-electron chi connectivity index (χ3n) is 3.67. The first kappa shape index (κ1) is 14.5. The normalized spacial score (nSPS) is 28.1. The van der Waals surface area contributed by atoms with Gasteiger partial charge in [-0.3, -0.25) is 4.79 Å². The first-order valence-corrected chi connectivity index (χ1v) is 7.47. The molecule has 0 N–H and O–H groups in total. The number of rotatable bonds is 0. The Morgan fingerprint density at radius 1 is 0.941 bits per heavy atom. The van der Waals surface area contributed by atoms with Crippen LogP contribution in [0.25, 0.3) is 0 Å². The van der Waals surface area contributed by atoms with Crippen molar-refractivity contribution in [2.45, 2.75) is 77.6 Å². The van der Waals surface area contributed by atoms with E-state index in [4.69, 9.17) is 0 Å². The van der Waals surface area contributed by atoms with Crippen LogP contribution in [0.5, 0.6) is 0 Å². The molecule has 98 valence electrons. The lowest BCUT2D eigenvalue weighted by atomic mass is 10.00. The zero-order valence-electron chi connectivity index (χ0n) is 11.4. The Labute approximate surface area is 107 Å². The summed E-state index contributed by atoms with van der Waals surface area (Å²) in [5.74, 6) is 1.05. The quantitative estimate of drug-likeness (QED) is 0.538. The van der Waals surface area contributed by atoms with Gasteiger partial charge in [-0.2, -0.15) is 0 Å². The smallest absolute Gasteiger partial charge is 0.132 e. The molecule has 0 bridgehead atoms. The van der Waals surface area contributed by atoms with Crippen LogP contribution in [-0.2, 0) is 4.79 Å². The first-order chi connectivity index (χ1) is 8.29. The average Bonchev–Trinajstić information content (AvgIpc) is 2.33. The molecule has 0 aromatic carbocycles. The molecule has 0 aromatic rings. The van der Waals surface area contributed by atoms with E-state index in [-0.39, 0.29) is 0 Å². The van der Waals surface area contributed by atoms with Gasteiger partial charge in [0, 0.05) is 12.8 Å². The van der Waals surface area contributed by atoms with E-state index in [2.05, 4.69) is 19.1 Å². The molecule has 1 atom stereocenters.